The van der Waals surface area contributed by atoms with Gasteiger partial charge in [0, 0.05) is 23.6 Å². The number of primary amides is 1. The van der Waals surface area contributed by atoms with Gasteiger partial charge in [0.2, 0.25) is 0 Å². The molecule has 0 spiro atoms. The number of carboxylic acids is 1. The van der Waals surface area contributed by atoms with Gasteiger partial charge in [0.05, 0.1) is 5.56 Å². The first-order chi connectivity index (χ1) is 10.1. The highest BCUT2D eigenvalue weighted by atomic mass is 32.1. The monoisotopic (exact) mass is 300 g/mol. The molecule has 0 bridgehead atoms. The van der Waals surface area contributed by atoms with E-state index >= 15 is 0 Å². The number of hydrogen-bond acceptors (Lipinski definition) is 3. The fourth-order valence-electron chi connectivity index (χ4n) is 2.41. The van der Waals surface area contributed by atoms with Crippen molar-refractivity contribution in [3.05, 3.63) is 57.9 Å². The average Bonchev–Trinajstić information content (AvgIpc) is 3.04. The summed E-state index contributed by atoms with van der Waals surface area (Å²) in [6, 6.07) is 9.21. The Morgan fingerprint density at radius 1 is 1.24 bits per heavy atom. The molecular weight excluding hydrogens is 288 g/mol. The first-order valence-electron chi connectivity index (χ1n) is 6.25. The Morgan fingerprint density at radius 2 is 2.00 bits per heavy atom. The molecule has 0 aliphatic heterocycles. The zero-order chi connectivity index (χ0) is 15.0. The first-order valence-corrected chi connectivity index (χ1v) is 7.13. The van der Waals surface area contributed by atoms with Crippen LogP contribution in [0.4, 0.5) is 0 Å². The number of carbonyl (C=O) groups is 2. The van der Waals surface area contributed by atoms with Crippen molar-refractivity contribution in [1.29, 1.82) is 0 Å². The van der Waals surface area contributed by atoms with Crippen LogP contribution in [-0.4, -0.2) is 21.6 Å². The summed E-state index contributed by atoms with van der Waals surface area (Å²) in [6.45, 7) is 0.388. The summed E-state index contributed by atoms with van der Waals surface area (Å²) in [5.41, 5.74) is 7.41. The van der Waals surface area contributed by atoms with E-state index < -0.39 is 11.9 Å². The lowest BCUT2D eigenvalue weighted by molar-refractivity contribution is 0.0700. The predicted molar refractivity (Wildman–Crippen MR) is 80.8 cm³/mol. The van der Waals surface area contributed by atoms with Crippen LogP contribution in [0, 0.1) is 0 Å². The van der Waals surface area contributed by atoms with Gasteiger partial charge in [-0.2, -0.15) is 0 Å². The Hall–Kier alpha value is -2.60. The number of nitrogens with zero attached hydrogens (tertiary/aromatic N) is 1. The Labute approximate surface area is 124 Å². The van der Waals surface area contributed by atoms with Gasteiger partial charge in [-0.05, 0) is 23.1 Å². The van der Waals surface area contributed by atoms with Crippen molar-refractivity contribution in [2.24, 2.45) is 5.73 Å². The number of para-hydroxylation sites is 1. The van der Waals surface area contributed by atoms with Crippen molar-refractivity contribution in [2.45, 2.75) is 6.54 Å². The number of hydrogen-bond donors (Lipinski definition) is 2. The third-order valence-corrected chi connectivity index (χ3v) is 4.28. The zero-order valence-corrected chi connectivity index (χ0v) is 11.8. The maximum absolute atomic E-state index is 11.5. The van der Waals surface area contributed by atoms with Crippen LogP contribution in [0.15, 0.2) is 41.9 Å². The Kier molecular flexibility index (Phi) is 3.23. The Balaban J connectivity index is 2.11. The van der Waals surface area contributed by atoms with Crippen LogP contribution in [-0.2, 0) is 6.54 Å². The molecule has 0 aliphatic rings. The summed E-state index contributed by atoms with van der Waals surface area (Å²) in [6.07, 6.45) is 1.68. The second-order valence-electron chi connectivity index (χ2n) is 4.63. The topological polar surface area (TPSA) is 85.3 Å². The number of fused-ring (bicyclic) bond motifs is 1. The van der Waals surface area contributed by atoms with E-state index in [1.54, 1.807) is 17.6 Å². The summed E-state index contributed by atoms with van der Waals surface area (Å²) < 4.78 is 1.85. The fourth-order valence-corrected chi connectivity index (χ4v) is 3.16. The summed E-state index contributed by atoms with van der Waals surface area (Å²) in [7, 11) is 0. The molecule has 2 aromatic heterocycles. The predicted octanol–water partition coefficient (Wildman–Crippen LogP) is 2.55. The highest BCUT2D eigenvalue weighted by Crippen LogP contribution is 2.24. The van der Waals surface area contributed by atoms with Crippen molar-refractivity contribution < 1.29 is 14.7 Å². The molecule has 5 nitrogen and oxygen atoms in total. The molecule has 0 fully saturated rings. The van der Waals surface area contributed by atoms with Crippen LogP contribution in [0.2, 0.25) is 0 Å². The third kappa shape index (κ3) is 2.30. The van der Waals surface area contributed by atoms with Gasteiger partial charge in [-0.25, -0.2) is 4.79 Å². The van der Waals surface area contributed by atoms with Crippen molar-refractivity contribution >= 4 is 34.1 Å². The van der Waals surface area contributed by atoms with Gasteiger partial charge >= 0.3 is 5.97 Å². The molecule has 0 radical (unpaired) electrons. The minimum absolute atomic E-state index is 0.313. The van der Waals surface area contributed by atoms with Crippen LogP contribution in [0.25, 0.3) is 10.9 Å². The minimum Gasteiger partial charge on any atom is -0.477 e. The molecule has 2 heterocycles. The summed E-state index contributed by atoms with van der Waals surface area (Å²) in [4.78, 5) is 23.0. The zero-order valence-electron chi connectivity index (χ0n) is 10.9. The molecule has 0 saturated heterocycles. The van der Waals surface area contributed by atoms with Gasteiger partial charge < -0.3 is 15.4 Å². The standard InChI is InChI=1S/C15H12N2O3S/c16-14(18)11-8-17(12-4-2-1-3-10(11)12)7-9-5-6-21-13(9)15(19)20/h1-6,8H,7H2,(H2,16,18)(H,19,20). The molecule has 1 amide bonds. The van der Waals surface area contributed by atoms with Crippen LogP contribution in [0.1, 0.15) is 25.6 Å². The number of carbonyl (C=O) groups excluding carboxylic acids is 1. The van der Waals surface area contributed by atoms with Crippen molar-refractivity contribution in [1.82, 2.24) is 4.57 Å². The molecule has 106 valence electrons. The van der Waals surface area contributed by atoms with E-state index in [4.69, 9.17) is 10.8 Å². The lowest BCUT2D eigenvalue weighted by Gasteiger charge is -2.04. The maximum atomic E-state index is 11.5. The van der Waals surface area contributed by atoms with E-state index in [-0.39, 0.29) is 0 Å². The van der Waals surface area contributed by atoms with Gasteiger partial charge in [-0.15, -0.1) is 11.3 Å². The van der Waals surface area contributed by atoms with Gasteiger partial charge in [-0.1, -0.05) is 18.2 Å². The SMILES string of the molecule is NC(=O)c1cn(Cc2ccsc2C(=O)O)c2ccccc12. The van der Waals surface area contributed by atoms with Crippen molar-refractivity contribution in [3.8, 4) is 0 Å². The number of aromatic nitrogens is 1. The van der Waals surface area contributed by atoms with Gasteiger partial charge in [-0.3, -0.25) is 4.79 Å². The minimum atomic E-state index is -0.938. The van der Waals surface area contributed by atoms with E-state index in [1.165, 1.54) is 11.3 Å². The highest BCUT2D eigenvalue weighted by molar-refractivity contribution is 7.12. The number of thiophene rings is 1. The van der Waals surface area contributed by atoms with Crippen LogP contribution >= 0.6 is 11.3 Å². The normalized spacial score (nSPS) is 10.9. The maximum Gasteiger partial charge on any atom is 0.346 e. The number of carboxylic acid groups (broad SMARTS) is 1. The van der Waals surface area contributed by atoms with Crippen molar-refractivity contribution in [2.75, 3.05) is 0 Å². The van der Waals surface area contributed by atoms with Crippen molar-refractivity contribution in [3.63, 3.8) is 0 Å². The molecular formula is C15H12N2O3S. The highest BCUT2D eigenvalue weighted by Gasteiger charge is 2.16. The molecule has 0 aliphatic carbocycles. The van der Waals surface area contributed by atoms with E-state index in [2.05, 4.69) is 0 Å². The van der Waals surface area contributed by atoms with Crippen LogP contribution in [0.3, 0.4) is 0 Å². The lowest BCUT2D eigenvalue weighted by atomic mass is 10.2. The molecule has 3 N–H and O–H groups in total. The van der Waals surface area contributed by atoms with Crippen LogP contribution in [0.5, 0.6) is 0 Å². The van der Waals surface area contributed by atoms with Gasteiger partial charge in [0.1, 0.15) is 4.88 Å². The largest absolute Gasteiger partial charge is 0.477 e. The summed E-state index contributed by atoms with van der Waals surface area (Å²) in [5.74, 6) is -1.43. The molecule has 3 rings (SSSR count). The quantitative estimate of drug-likeness (QED) is 0.776. The number of benzene rings is 1. The Bertz CT molecular complexity index is 848. The average molecular weight is 300 g/mol. The summed E-state index contributed by atoms with van der Waals surface area (Å²) in [5, 5.41) is 11.7. The number of rotatable bonds is 4. The van der Waals surface area contributed by atoms with E-state index in [0.717, 1.165) is 10.9 Å². The number of amides is 1. The van der Waals surface area contributed by atoms with E-state index in [1.807, 2.05) is 28.8 Å². The molecule has 0 unspecified atom stereocenters. The smallest absolute Gasteiger partial charge is 0.346 e. The fraction of sp³-hybridized carbons (Fsp3) is 0.0667. The number of nitrogens with two attached hydrogens (primary N) is 1. The van der Waals surface area contributed by atoms with Gasteiger partial charge in [0.25, 0.3) is 5.91 Å². The summed E-state index contributed by atoms with van der Waals surface area (Å²) >= 11 is 1.19. The second kappa shape index (κ2) is 5.06. The molecule has 3 aromatic rings. The Morgan fingerprint density at radius 3 is 2.71 bits per heavy atom. The van der Waals surface area contributed by atoms with E-state index in [9.17, 15) is 9.59 Å². The molecule has 0 atom stereocenters. The third-order valence-electron chi connectivity index (χ3n) is 3.34. The first kappa shape index (κ1) is 13.4. The van der Waals surface area contributed by atoms with E-state index in [0.29, 0.717) is 22.5 Å². The lowest BCUT2D eigenvalue weighted by Crippen LogP contribution is -2.10. The second-order valence-corrected chi connectivity index (χ2v) is 5.55. The van der Waals surface area contributed by atoms with Gasteiger partial charge in [0.15, 0.2) is 0 Å². The number of aromatic carboxylic acids is 1. The molecule has 6 heteroatoms. The molecule has 1 aromatic carbocycles. The molecule has 21 heavy (non-hydrogen) atoms. The van der Waals surface area contributed by atoms with Crippen LogP contribution < -0.4 is 5.73 Å². The molecule has 0 saturated carbocycles.